The van der Waals surface area contributed by atoms with Gasteiger partial charge in [-0.05, 0) is 31.5 Å². The summed E-state index contributed by atoms with van der Waals surface area (Å²) in [7, 11) is 0. The number of esters is 2. The molecule has 0 radical (unpaired) electrons. The van der Waals surface area contributed by atoms with Gasteiger partial charge >= 0.3 is 11.9 Å². The van der Waals surface area contributed by atoms with Crippen LogP contribution in [0.3, 0.4) is 0 Å². The zero-order chi connectivity index (χ0) is 18.1. The van der Waals surface area contributed by atoms with Gasteiger partial charge < -0.3 is 14.8 Å². The minimum atomic E-state index is -0.824. The second-order valence-corrected chi connectivity index (χ2v) is 5.49. The molecule has 0 saturated heterocycles. The third-order valence-electron chi connectivity index (χ3n) is 2.79. The number of hydrogen-bond acceptors (Lipinski definition) is 5. The second-order valence-electron chi connectivity index (χ2n) is 4.65. The molecule has 1 amide bonds. The van der Waals surface area contributed by atoms with Crippen LogP contribution in [0.4, 0.5) is 0 Å². The van der Waals surface area contributed by atoms with E-state index in [0.717, 1.165) is 12.2 Å². The summed E-state index contributed by atoms with van der Waals surface area (Å²) in [6.45, 7) is 3.09. The Labute approximate surface area is 149 Å². The molecular formula is C16H17Cl2NO5. The fraction of sp³-hybridized carbons (Fsp3) is 0.312. The van der Waals surface area contributed by atoms with Crippen molar-refractivity contribution in [3.8, 4) is 0 Å². The third-order valence-corrected chi connectivity index (χ3v) is 3.36. The van der Waals surface area contributed by atoms with Crippen molar-refractivity contribution in [3.05, 3.63) is 46.0 Å². The van der Waals surface area contributed by atoms with Crippen molar-refractivity contribution in [2.75, 3.05) is 13.2 Å². The first-order valence-corrected chi connectivity index (χ1v) is 7.85. The average Bonchev–Trinajstić information content (AvgIpc) is 2.51. The Balaban J connectivity index is 2.45. The van der Waals surface area contributed by atoms with Crippen LogP contribution in [0, 0.1) is 0 Å². The van der Waals surface area contributed by atoms with E-state index in [0.29, 0.717) is 15.6 Å². The van der Waals surface area contributed by atoms with Crippen LogP contribution in [-0.2, 0) is 23.9 Å². The molecule has 0 spiro atoms. The van der Waals surface area contributed by atoms with Crippen molar-refractivity contribution in [3.63, 3.8) is 0 Å². The summed E-state index contributed by atoms with van der Waals surface area (Å²) in [6.07, 6.45) is 1.82. The molecule has 1 N–H and O–H groups in total. The molecule has 130 valence electrons. The molecule has 0 aromatic heterocycles. The molecule has 0 unspecified atom stereocenters. The fourth-order valence-electron chi connectivity index (χ4n) is 1.72. The summed E-state index contributed by atoms with van der Waals surface area (Å²) in [5.41, 5.74) is 0.683. The zero-order valence-electron chi connectivity index (χ0n) is 13.2. The van der Waals surface area contributed by atoms with Crippen LogP contribution in [0.1, 0.15) is 25.5 Å². The number of nitrogens with one attached hydrogen (secondary N) is 1. The van der Waals surface area contributed by atoms with Gasteiger partial charge in [0.05, 0.1) is 12.6 Å². The van der Waals surface area contributed by atoms with Crippen LogP contribution < -0.4 is 5.32 Å². The highest BCUT2D eigenvalue weighted by molar-refractivity contribution is 6.35. The van der Waals surface area contributed by atoms with Gasteiger partial charge in [0, 0.05) is 22.2 Å². The Morgan fingerprint density at radius 1 is 1.17 bits per heavy atom. The number of carbonyl (C=O) groups is 3. The van der Waals surface area contributed by atoms with Crippen LogP contribution >= 0.6 is 23.2 Å². The van der Waals surface area contributed by atoms with Crippen molar-refractivity contribution in [2.45, 2.75) is 19.9 Å². The Kier molecular flexibility index (Phi) is 8.29. The summed E-state index contributed by atoms with van der Waals surface area (Å²) < 4.78 is 9.32. The van der Waals surface area contributed by atoms with Crippen LogP contribution in [0.5, 0.6) is 0 Å². The van der Waals surface area contributed by atoms with Gasteiger partial charge in [0.2, 0.25) is 0 Å². The SMILES string of the molecule is CCOC(=O)/C=C/C(=O)OCC(=O)N[C@@H](C)c1ccc(Cl)cc1Cl. The molecule has 1 aromatic rings. The number of benzene rings is 1. The molecule has 1 atom stereocenters. The maximum absolute atomic E-state index is 11.8. The van der Waals surface area contributed by atoms with Gasteiger partial charge in [-0.3, -0.25) is 4.79 Å². The molecule has 0 aliphatic rings. The summed E-state index contributed by atoms with van der Waals surface area (Å²) >= 11 is 11.9. The highest BCUT2D eigenvalue weighted by atomic mass is 35.5. The molecule has 8 heteroatoms. The predicted molar refractivity (Wildman–Crippen MR) is 89.8 cm³/mol. The number of carbonyl (C=O) groups excluding carboxylic acids is 3. The Hall–Kier alpha value is -2.05. The van der Waals surface area contributed by atoms with Crippen molar-refractivity contribution >= 4 is 41.0 Å². The van der Waals surface area contributed by atoms with Gasteiger partial charge in [0.1, 0.15) is 0 Å². The molecule has 0 heterocycles. The van der Waals surface area contributed by atoms with E-state index in [2.05, 4.69) is 10.1 Å². The highest BCUT2D eigenvalue weighted by Gasteiger charge is 2.14. The molecule has 0 aliphatic carbocycles. The van der Waals surface area contributed by atoms with Gasteiger partial charge in [-0.25, -0.2) is 9.59 Å². The number of amides is 1. The highest BCUT2D eigenvalue weighted by Crippen LogP contribution is 2.25. The van der Waals surface area contributed by atoms with E-state index in [1.54, 1.807) is 32.0 Å². The summed E-state index contributed by atoms with van der Waals surface area (Å²) in [6, 6.07) is 4.53. The van der Waals surface area contributed by atoms with E-state index in [9.17, 15) is 14.4 Å². The number of hydrogen-bond donors (Lipinski definition) is 1. The standard InChI is InChI=1S/C16H17Cl2NO5/c1-3-23-15(21)6-7-16(22)24-9-14(20)19-10(2)12-5-4-11(17)8-13(12)18/h4-8,10H,3,9H2,1-2H3,(H,19,20)/b7-6+/t10-/m0/s1. The lowest BCUT2D eigenvalue weighted by molar-refractivity contribution is -0.144. The van der Waals surface area contributed by atoms with Gasteiger partial charge in [0.25, 0.3) is 5.91 Å². The van der Waals surface area contributed by atoms with Gasteiger partial charge in [0.15, 0.2) is 6.61 Å². The Morgan fingerprint density at radius 2 is 1.79 bits per heavy atom. The first kappa shape index (κ1) is 20.0. The van der Waals surface area contributed by atoms with E-state index in [-0.39, 0.29) is 6.61 Å². The molecular weight excluding hydrogens is 357 g/mol. The van der Waals surface area contributed by atoms with Crippen LogP contribution in [0.25, 0.3) is 0 Å². The number of halogens is 2. The predicted octanol–water partition coefficient (Wildman–Crippen LogP) is 2.83. The minimum Gasteiger partial charge on any atom is -0.463 e. The zero-order valence-corrected chi connectivity index (χ0v) is 14.7. The molecule has 24 heavy (non-hydrogen) atoms. The van der Waals surface area contributed by atoms with E-state index in [1.807, 2.05) is 0 Å². The van der Waals surface area contributed by atoms with Gasteiger partial charge in [-0.2, -0.15) is 0 Å². The molecule has 0 aliphatic heterocycles. The first-order chi connectivity index (χ1) is 11.3. The lowest BCUT2D eigenvalue weighted by Gasteiger charge is -2.15. The molecule has 0 fully saturated rings. The smallest absolute Gasteiger partial charge is 0.331 e. The van der Waals surface area contributed by atoms with Crippen molar-refractivity contribution in [1.29, 1.82) is 0 Å². The second kappa shape index (κ2) is 9.95. The van der Waals surface area contributed by atoms with E-state index in [4.69, 9.17) is 27.9 Å². The molecule has 6 nitrogen and oxygen atoms in total. The van der Waals surface area contributed by atoms with Gasteiger partial charge in [-0.15, -0.1) is 0 Å². The fourth-order valence-corrected chi connectivity index (χ4v) is 2.30. The number of ether oxygens (including phenoxy) is 2. The van der Waals surface area contributed by atoms with Gasteiger partial charge in [-0.1, -0.05) is 29.3 Å². The summed E-state index contributed by atoms with van der Waals surface area (Å²) in [5.74, 6) is -1.99. The van der Waals surface area contributed by atoms with Crippen LogP contribution in [0.2, 0.25) is 10.0 Å². The minimum absolute atomic E-state index is 0.200. The number of rotatable bonds is 7. The van der Waals surface area contributed by atoms with Crippen molar-refractivity contribution in [2.24, 2.45) is 0 Å². The topological polar surface area (TPSA) is 81.7 Å². The lowest BCUT2D eigenvalue weighted by Crippen LogP contribution is -2.31. The first-order valence-electron chi connectivity index (χ1n) is 7.09. The van der Waals surface area contributed by atoms with Crippen molar-refractivity contribution < 1.29 is 23.9 Å². The normalized spacial score (nSPS) is 11.8. The van der Waals surface area contributed by atoms with E-state index < -0.39 is 30.5 Å². The molecule has 0 saturated carbocycles. The average molecular weight is 374 g/mol. The largest absolute Gasteiger partial charge is 0.463 e. The summed E-state index contributed by atoms with van der Waals surface area (Å²) in [4.78, 5) is 34.2. The maximum atomic E-state index is 11.8. The molecule has 1 rings (SSSR count). The molecule has 0 bridgehead atoms. The lowest BCUT2D eigenvalue weighted by atomic mass is 10.1. The quantitative estimate of drug-likeness (QED) is 0.586. The molecule has 1 aromatic carbocycles. The maximum Gasteiger partial charge on any atom is 0.331 e. The summed E-state index contributed by atoms with van der Waals surface area (Å²) in [5, 5.41) is 3.55. The van der Waals surface area contributed by atoms with Crippen LogP contribution in [0.15, 0.2) is 30.4 Å². The monoisotopic (exact) mass is 373 g/mol. The van der Waals surface area contributed by atoms with Crippen LogP contribution in [-0.4, -0.2) is 31.1 Å². The van der Waals surface area contributed by atoms with E-state index in [1.165, 1.54) is 0 Å². The third kappa shape index (κ3) is 7.02. The Morgan fingerprint density at radius 3 is 2.38 bits per heavy atom. The Bertz CT molecular complexity index is 645. The van der Waals surface area contributed by atoms with Crippen molar-refractivity contribution in [1.82, 2.24) is 5.32 Å². The van der Waals surface area contributed by atoms with E-state index >= 15 is 0 Å².